The molecule has 1 atom stereocenters. The summed E-state index contributed by atoms with van der Waals surface area (Å²) in [6, 6.07) is 12.1. The Balaban J connectivity index is 1.54. The molecule has 0 saturated heterocycles. The highest BCUT2D eigenvalue weighted by atomic mass is 19.1. The highest BCUT2D eigenvalue weighted by Crippen LogP contribution is 2.26. The fourth-order valence-corrected chi connectivity index (χ4v) is 3.56. The number of carbonyl (C=O) groups is 3. The minimum Gasteiger partial charge on any atom is -0.362 e. The molecule has 0 aliphatic carbocycles. The van der Waals surface area contributed by atoms with Crippen LogP contribution < -0.4 is 21.1 Å². The summed E-state index contributed by atoms with van der Waals surface area (Å²) in [4.78, 5) is 39.4. The third-order valence-corrected chi connectivity index (χ3v) is 5.21. The van der Waals surface area contributed by atoms with E-state index in [1.54, 1.807) is 13.8 Å². The van der Waals surface area contributed by atoms with Gasteiger partial charge in [-0.15, -0.1) is 0 Å². The van der Waals surface area contributed by atoms with E-state index in [2.05, 4.69) is 22.2 Å². The number of halogens is 1. The molecule has 1 heterocycles. The molecule has 3 N–H and O–H groups in total. The monoisotopic (exact) mass is 426 g/mol. The topological polar surface area (TPSA) is 90.5 Å². The Kier molecular flexibility index (Phi) is 7.23. The van der Waals surface area contributed by atoms with Crippen LogP contribution in [0.2, 0.25) is 0 Å². The first-order chi connectivity index (χ1) is 14.8. The second-order valence-corrected chi connectivity index (χ2v) is 7.89. The largest absolute Gasteiger partial charge is 0.362 e. The van der Waals surface area contributed by atoms with Crippen LogP contribution in [0.4, 0.5) is 10.1 Å². The van der Waals surface area contributed by atoms with Gasteiger partial charge in [-0.3, -0.25) is 25.2 Å². The number of benzene rings is 2. The highest BCUT2D eigenvalue weighted by Gasteiger charge is 2.25. The molecule has 1 unspecified atom stereocenters. The van der Waals surface area contributed by atoms with Crippen molar-refractivity contribution in [1.29, 1.82) is 0 Å². The van der Waals surface area contributed by atoms with Gasteiger partial charge in [0.05, 0.1) is 6.54 Å². The van der Waals surface area contributed by atoms with Gasteiger partial charge >= 0.3 is 0 Å². The molecule has 1 aliphatic heterocycles. The number of hydrogen-bond donors (Lipinski definition) is 3. The number of anilines is 1. The molecule has 0 spiro atoms. The van der Waals surface area contributed by atoms with Crippen LogP contribution in [-0.4, -0.2) is 36.9 Å². The number of fused-ring (bicyclic) bond motifs is 1. The van der Waals surface area contributed by atoms with Gasteiger partial charge in [0.2, 0.25) is 0 Å². The minimum absolute atomic E-state index is 0.117. The van der Waals surface area contributed by atoms with E-state index in [1.165, 1.54) is 29.8 Å². The summed E-state index contributed by atoms with van der Waals surface area (Å²) >= 11 is 0. The maximum absolute atomic E-state index is 13.1. The standard InChI is InChI=1S/C23H27FN4O3/c1-15(2)21(25-22(30)17-9-11-18(24)12-10-17)23(31)27-26-20(29)14-28-13-5-7-16-6-3-4-8-19(16)28/h3-4,6,8-12,15,21H,5,7,13-14H2,1-2H3,(H,25,30)(H,26,29)(H,27,31). The molecule has 0 bridgehead atoms. The number of nitrogens with one attached hydrogen (secondary N) is 3. The first-order valence-corrected chi connectivity index (χ1v) is 10.3. The molecule has 0 radical (unpaired) electrons. The molecular weight excluding hydrogens is 399 g/mol. The Bertz CT molecular complexity index is 946. The van der Waals surface area contributed by atoms with Gasteiger partial charge in [0.25, 0.3) is 17.7 Å². The van der Waals surface area contributed by atoms with Crippen LogP contribution in [0.5, 0.6) is 0 Å². The predicted molar refractivity (Wildman–Crippen MR) is 116 cm³/mol. The SMILES string of the molecule is CC(C)C(NC(=O)c1ccc(F)cc1)C(=O)NNC(=O)CN1CCCc2ccccc21. The summed E-state index contributed by atoms with van der Waals surface area (Å²) in [6.45, 7) is 4.44. The predicted octanol–water partition coefficient (Wildman–Crippen LogP) is 2.18. The average molecular weight is 426 g/mol. The van der Waals surface area contributed by atoms with E-state index in [4.69, 9.17) is 0 Å². The van der Waals surface area contributed by atoms with Gasteiger partial charge in [-0.1, -0.05) is 32.0 Å². The van der Waals surface area contributed by atoms with Gasteiger partial charge in [0, 0.05) is 17.8 Å². The summed E-state index contributed by atoms with van der Waals surface area (Å²) in [5.74, 6) is -2.05. The molecule has 31 heavy (non-hydrogen) atoms. The van der Waals surface area contributed by atoms with Crippen LogP contribution in [0.1, 0.15) is 36.2 Å². The summed E-state index contributed by atoms with van der Waals surface area (Å²) in [5.41, 5.74) is 7.31. The number of para-hydroxylation sites is 1. The van der Waals surface area contributed by atoms with Crippen LogP contribution in [0.25, 0.3) is 0 Å². The Morgan fingerprint density at radius 3 is 2.45 bits per heavy atom. The van der Waals surface area contributed by atoms with Crippen molar-refractivity contribution in [2.75, 3.05) is 18.0 Å². The normalized spacial score (nSPS) is 13.9. The van der Waals surface area contributed by atoms with Gasteiger partial charge in [0.1, 0.15) is 11.9 Å². The van der Waals surface area contributed by atoms with Crippen LogP contribution in [0, 0.1) is 11.7 Å². The second kappa shape index (κ2) is 10.1. The van der Waals surface area contributed by atoms with Gasteiger partial charge in [-0.05, 0) is 54.7 Å². The van der Waals surface area contributed by atoms with Gasteiger partial charge < -0.3 is 10.2 Å². The van der Waals surface area contributed by atoms with E-state index in [-0.39, 0.29) is 23.9 Å². The highest BCUT2D eigenvalue weighted by molar-refractivity contribution is 5.98. The summed E-state index contributed by atoms with van der Waals surface area (Å²) in [6.07, 6.45) is 1.94. The number of aryl methyl sites for hydroxylation is 1. The van der Waals surface area contributed by atoms with Crippen molar-refractivity contribution in [3.8, 4) is 0 Å². The zero-order valence-electron chi connectivity index (χ0n) is 17.7. The summed E-state index contributed by atoms with van der Waals surface area (Å²) < 4.78 is 13.1. The smallest absolute Gasteiger partial charge is 0.261 e. The molecule has 0 fully saturated rings. The van der Waals surface area contributed by atoms with Crippen molar-refractivity contribution >= 4 is 23.4 Å². The molecule has 164 valence electrons. The molecular formula is C23H27FN4O3. The van der Waals surface area contributed by atoms with Crippen LogP contribution in [-0.2, 0) is 16.0 Å². The third kappa shape index (κ3) is 5.81. The number of amides is 3. The maximum Gasteiger partial charge on any atom is 0.261 e. The molecule has 7 nitrogen and oxygen atoms in total. The lowest BCUT2D eigenvalue weighted by Crippen LogP contribution is -2.55. The van der Waals surface area contributed by atoms with Crippen molar-refractivity contribution in [2.45, 2.75) is 32.7 Å². The lowest BCUT2D eigenvalue weighted by molar-refractivity contribution is -0.130. The zero-order chi connectivity index (χ0) is 22.4. The van der Waals surface area contributed by atoms with Gasteiger partial charge in [-0.2, -0.15) is 0 Å². The number of carbonyl (C=O) groups excluding carboxylic acids is 3. The lowest BCUT2D eigenvalue weighted by Gasteiger charge is -2.30. The number of nitrogens with zero attached hydrogens (tertiary/aromatic N) is 1. The fourth-order valence-electron chi connectivity index (χ4n) is 3.56. The Labute approximate surface area is 181 Å². The molecule has 8 heteroatoms. The van der Waals surface area contributed by atoms with Crippen molar-refractivity contribution in [3.63, 3.8) is 0 Å². The van der Waals surface area contributed by atoms with Crippen LogP contribution in [0.3, 0.4) is 0 Å². The van der Waals surface area contributed by atoms with E-state index in [1.807, 2.05) is 23.1 Å². The van der Waals surface area contributed by atoms with E-state index in [0.717, 1.165) is 25.1 Å². The van der Waals surface area contributed by atoms with E-state index >= 15 is 0 Å². The summed E-state index contributed by atoms with van der Waals surface area (Å²) in [7, 11) is 0. The molecule has 2 aromatic carbocycles. The van der Waals surface area contributed by atoms with Crippen LogP contribution >= 0.6 is 0 Å². The number of hydrogen-bond acceptors (Lipinski definition) is 4. The molecule has 3 amide bonds. The second-order valence-electron chi connectivity index (χ2n) is 7.89. The van der Waals surface area contributed by atoms with E-state index < -0.39 is 23.7 Å². The fraction of sp³-hybridized carbons (Fsp3) is 0.348. The minimum atomic E-state index is -0.867. The van der Waals surface area contributed by atoms with Crippen molar-refractivity contribution in [2.24, 2.45) is 5.92 Å². The van der Waals surface area contributed by atoms with E-state index in [0.29, 0.717) is 0 Å². The first kappa shape index (κ1) is 22.3. The van der Waals surface area contributed by atoms with Crippen molar-refractivity contribution < 1.29 is 18.8 Å². The van der Waals surface area contributed by atoms with Crippen molar-refractivity contribution in [3.05, 3.63) is 65.5 Å². The molecule has 2 aromatic rings. The van der Waals surface area contributed by atoms with Gasteiger partial charge in [0.15, 0.2) is 0 Å². The quantitative estimate of drug-likeness (QED) is 0.618. The Morgan fingerprint density at radius 1 is 1.03 bits per heavy atom. The maximum atomic E-state index is 13.1. The van der Waals surface area contributed by atoms with Crippen molar-refractivity contribution in [1.82, 2.24) is 16.2 Å². The lowest BCUT2D eigenvalue weighted by atomic mass is 10.0. The molecule has 3 rings (SSSR count). The summed E-state index contributed by atoms with van der Waals surface area (Å²) in [5, 5.41) is 2.63. The Hall–Kier alpha value is -3.42. The van der Waals surface area contributed by atoms with Gasteiger partial charge in [-0.25, -0.2) is 4.39 Å². The van der Waals surface area contributed by atoms with E-state index in [9.17, 15) is 18.8 Å². The molecule has 1 aliphatic rings. The zero-order valence-corrected chi connectivity index (χ0v) is 17.7. The third-order valence-electron chi connectivity index (χ3n) is 5.21. The van der Waals surface area contributed by atoms with Crippen LogP contribution in [0.15, 0.2) is 48.5 Å². The number of rotatable bonds is 6. The first-order valence-electron chi connectivity index (χ1n) is 10.3. The molecule has 0 aromatic heterocycles. The Morgan fingerprint density at radius 2 is 1.74 bits per heavy atom. The number of hydrazine groups is 1. The average Bonchev–Trinajstić information content (AvgIpc) is 2.76. The molecule has 0 saturated carbocycles.